The molecule has 1 amide bonds. The Hall–Kier alpha value is -2.09. The fraction of sp³-hybridized carbons (Fsp3) is 0.381. The van der Waals surface area contributed by atoms with Crippen molar-refractivity contribution in [3.63, 3.8) is 0 Å². The highest BCUT2D eigenvalue weighted by Crippen LogP contribution is 2.36. The molecule has 0 bridgehead atoms. The number of fused-ring (bicyclic) bond motifs is 1. The molecule has 1 unspecified atom stereocenters. The number of para-hydroxylation sites is 1. The normalized spacial score (nSPS) is 21.4. The van der Waals surface area contributed by atoms with Crippen molar-refractivity contribution < 1.29 is 13.2 Å². The molecule has 2 heterocycles. The number of carbonyl (C=O) groups is 1. The van der Waals surface area contributed by atoms with Crippen LogP contribution < -0.4 is 9.62 Å². The van der Waals surface area contributed by atoms with Crippen molar-refractivity contribution in [1.29, 1.82) is 0 Å². The van der Waals surface area contributed by atoms with Crippen LogP contribution in [0, 0.1) is 0 Å². The maximum atomic E-state index is 13.4. The lowest BCUT2D eigenvalue weighted by Gasteiger charge is -2.34. The summed E-state index contributed by atoms with van der Waals surface area (Å²) in [5, 5.41) is 3.26. The van der Waals surface area contributed by atoms with E-state index < -0.39 is 10.0 Å². The third kappa shape index (κ3) is 3.86. The van der Waals surface area contributed by atoms with Crippen LogP contribution in [0.2, 0.25) is 0 Å². The van der Waals surface area contributed by atoms with Crippen molar-refractivity contribution in [2.75, 3.05) is 23.9 Å². The van der Waals surface area contributed by atoms with E-state index in [1.165, 1.54) is 10.4 Å². The Morgan fingerprint density at radius 1 is 1.07 bits per heavy atom. The summed E-state index contributed by atoms with van der Waals surface area (Å²) in [5.41, 5.74) is 2.16. The number of nitrogens with zero attached hydrogens (tertiary/aromatic N) is 2. The van der Waals surface area contributed by atoms with Gasteiger partial charge in [0.1, 0.15) is 0 Å². The van der Waals surface area contributed by atoms with Gasteiger partial charge in [-0.1, -0.05) is 24.3 Å². The monoisotopic (exact) mass is 435 g/mol. The Morgan fingerprint density at radius 3 is 2.59 bits per heavy atom. The minimum absolute atomic E-state index is 0. The zero-order valence-electron chi connectivity index (χ0n) is 16.5. The number of halogens is 1. The highest BCUT2D eigenvalue weighted by atomic mass is 35.5. The Balaban J connectivity index is 0.00000240. The molecule has 2 aliphatic heterocycles. The molecule has 4 rings (SSSR count). The van der Waals surface area contributed by atoms with Gasteiger partial charge in [-0.3, -0.25) is 9.10 Å². The van der Waals surface area contributed by atoms with Crippen molar-refractivity contribution in [1.82, 2.24) is 10.2 Å². The van der Waals surface area contributed by atoms with Gasteiger partial charge in [0.2, 0.25) is 0 Å². The molecule has 2 aromatic rings. The second-order valence-electron chi connectivity index (χ2n) is 7.56. The van der Waals surface area contributed by atoms with Gasteiger partial charge in [-0.25, -0.2) is 8.42 Å². The molecular formula is C21H26ClN3O3S. The van der Waals surface area contributed by atoms with Crippen molar-refractivity contribution in [3.8, 4) is 0 Å². The van der Waals surface area contributed by atoms with Crippen LogP contribution in [0.1, 0.15) is 29.8 Å². The molecule has 0 spiro atoms. The first-order valence-corrected chi connectivity index (χ1v) is 11.1. The third-order valence-corrected chi connectivity index (χ3v) is 7.47. The van der Waals surface area contributed by atoms with Gasteiger partial charge >= 0.3 is 0 Å². The fourth-order valence-corrected chi connectivity index (χ4v) is 5.85. The van der Waals surface area contributed by atoms with Gasteiger partial charge < -0.3 is 10.2 Å². The molecule has 0 aliphatic carbocycles. The maximum Gasteiger partial charge on any atom is 0.264 e. The van der Waals surface area contributed by atoms with E-state index in [1.54, 1.807) is 23.1 Å². The summed E-state index contributed by atoms with van der Waals surface area (Å²) in [4.78, 5) is 14.9. The highest BCUT2D eigenvalue weighted by Gasteiger charge is 2.36. The number of hydrogen-bond donors (Lipinski definition) is 1. The fourth-order valence-electron chi connectivity index (χ4n) is 4.12. The first kappa shape index (κ1) is 21.6. The van der Waals surface area contributed by atoms with E-state index in [9.17, 15) is 13.2 Å². The first-order valence-electron chi connectivity index (χ1n) is 9.63. The Bertz CT molecular complexity index is 1010. The first-order chi connectivity index (χ1) is 13.4. The number of nitrogens with one attached hydrogen (secondary N) is 1. The minimum atomic E-state index is -3.75. The SMILES string of the molecule is CC1Cc2ccccc2N1S(=O)(=O)c1cccc(C(=O)N2CCNC[C@H]2C)c1.Cl. The summed E-state index contributed by atoms with van der Waals surface area (Å²) >= 11 is 0. The molecule has 8 heteroatoms. The molecule has 156 valence electrons. The van der Waals surface area contributed by atoms with Crippen molar-refractivity contribution >= 4 is 34.0 Å². The molecular weight excluding hydrogens is 410 g/mol. The molecule has 2 atom stereocenters. The summed E-state index contributed by atoms with van der Waals surface area (Å²) in [6.07, 6.45) is 0.687. The van der Waals surface area contributed by atoms with Gasteiger partial charge in [0.15, 0.2) is 0 Å². The lowest BCUT2D eigenvalue weighted by molar-refractivity contribution is 0.0655. The van der Waals surface area contributed by atoms with Gasteiger partial charge in [-0.05, 0) is 50.1 Å². The summed E-state index contributed by atoms with van der Waals surface area (Å²) < 4.78 is 28.3. The molecule has 0 aromatic heterocycles. The van der Waals surface area contributed by atoms with Crippen LogP contribution in [-0.4, -0.2) is 50.9 Å². The van der Waals surface area contributed by atoms with Crippen LogP contribution in [0.4, 0.5) is 5.69 Å². The van der Waals surface area contributed by atoms with Crippen molar-refractivity contribution in [2.24, 2.45) is 0 Å². The maximum absolute atomic E-state index is 13.4. The summed E-state index contributed by atoms with van der Waals surface area (Å²) in [6, 6.07) is 13.9. The van der Waals surface area contributed by atoms with Gasteiger partial charge in [0.05, 0.1) is 10.6 Å². The van der Waals surface area contributed by atoms with Gasteiger partial charge in [0.25, 0.3) is 15.9 Å². The second-order valence-corrected chi connectivity index (χ2v) is 9.38. The second kappa shape index (κ2) is 8.34. The molecule has 1 saturated heterocycles. The Kier molecular flexibility index (Phi) is 6.22. The van der Waals surface area contributed by atoms with Crippen molar-refractivity contribution in [2.45, 2.75) is 37.2 Å². The lowest BCUT2D eigenvalue weighted by Crippen LogP contribution is -2.52. The van der Waals surface area contributed by atoms with E-state index >= 15 is 0 Å². The highest BCUT2D eigenvalue weighted by molar-refractivity contribution is 7.92. The molecule has 2 aliphatic rings. The Labute approximate surface area is 178 Å². The van der Waals surface area contributed by atoms with E-state index in [-0.39, 0.29) is 35.3 Å². The topological polar surface area (TPSA) is 69.7 Å². The third-order valence-electron chi connectivity index (χ3n) is 5.54. The number of sulfonamides is 1. The van der Waals surface area contributed by atoms with Crippen LogP contribution in [0.5, 0.6) is 0 Å². The molecule has 0 saturated carbocycles. The zero-order chi connectivity index (χ0) is 19.9. The number of rotatable bonds is 3. The average molecular weight is 436 g/mol. The summed E-state index contributed by atoms with van der Waals surface area (Å²) in [5.74, 6) is -0.124. The number of piperazine rings is 1. The van der Waals surface area contributed by atoms with E-state index in [0.717, 1.165) is 24.3 Å². The number of hydrogen-bond acceptors (Lipinski definition) is 4. The Morgan fingerprint density at radius 2 is 1.83 bits per heavy atom. The molecule has 6 nitrogen and oxygen atoms in total. The van der Waals surface area contributed by atoms with E-state index in [1.807, 2.05) is 38.1 Å². The van der Waals surface area contributed by atoms with Crippen LogP contribution in [0.3, 0.4) is 0 Å². The van der Waals surface area contributed by atoms with E-state index in [4.69, 9.17) is 0 Å². The van der Waals surface area contributed by atoms with E-state index in [0.29, 0.717) is 18.5 Å². The number of carbonyl (C=O) groups excluding carboxylic acids is 1. The number of anilines is 1. The smallest absolute Gasteiger partial charge is 0.264 e. The quantitative estimate of drug-likeness (QED) is 0.804. The van der Waals surface area contributed by atoms with Crippen molar-refractivity contribution in [3.05, 3.63) is 59.7 Å². The summed E-state index contributed by atoms with van der Waals surface area (Å²) in [6.45, 7) is 6.01. The van der Waals surface area contributed by atoms with Gasteiger partial charge in [-0.2, -0.15) is 0 Å². The van der Waals surface area contributed by atoms with Crippen LogP contribution in [0.25, 0.3) is 0 Å². The number of benzene rings is 2. The molecule has 1 N–H and O–H groups in total. The molecule has 1 fully saturated rings. The van der Waals surface area contributed by atoms with E-state index in [2.05, 4.69) is 5.32 Å². The molecule has 2 aromatic carbocycles. The standard InChI is InChI=1S/C21H25N3O3S.ClH/c1-15-12-17-6-3-4-9-20(17)24(15)28(26,27)19-8-5-7-18(13-19)21(25)23-11-10-22-14-16(23)2;/h3-9,13,15-16,22H,10-12,14H2,1-2H3;1H/t15?,16-;/m1./s1. The van der Waals surface area contributed by atoms with Crippen LogP contribution in [0.15, 0.2) is 53.4 Å². The largest absolute Gasteiger partial charge is 0.333 e. The van der Waals surface area contributed by atoms with Gasteiger partial charge in [-0.15, -0.1) is 12.4 Å². The van der Waals surface area contributed by atoms with Crippen LogP contribution >= 0.6 is 12.4 Å². The predicted molar refractivity (Wildman–Crippen MR) is 116 cm³/mol. The lowest BCUT2D eigenvalue weighted by atomic mass is 10.1. The number of amides is 1. The summed E-state index contributed by atoms with van der Waals surface area (Å²) in [7, 11) is -3.75. The molecule has 0 radical (unpaired) electrons. The minimum Gasteiger partial charge on any atom is -0.333 e. The average Bonchev–Trinajstić information content (AvgIpc) is 3.04. The molecule has 29 heavy (non-hydrogen) atoms. The van der Waals surface area contributed by atoms with Crippen LogP contribution in [-0.2, 0) is 16.4 Å². The van der Waals surface area contributed by atoms with Gasteiger partial charge in [0, 0.05) is 37.3 Å². The predicted octanol–water partition coefficient (Wildman–Crippen LogP) is 2.68. The zero-order valence-corrected chi connectivity index (χ0v) is 18.2.